The van der Waals surface area contributed by atoms with E-state index in [-0.39, 0.29) is 24.3 Å². The van der Waals surface area contributed by atoms with Gasteiger partial charge in [-0.3, -0.25) is 4.79 Å². The number of hydrogen-bond acceptors (Lipinski definition) is 2. The molecule has 0 radical (unpaired) electrons. The number of carbonyl (C=O) groups excluding carboxylic acids is 1. The number of fused-ring (bicyclic) bond motifs is 1. The summed E-state index contributed by atoms with van der Waals surface area (Å²) in [7, 11) is 1.24. The van der Waals surface area contributed by atoms with Crippen molar-refractivity contribution in [2.45, 2.75) is 63.5 Å². The summed E-state index contributed by atoms with van der Waals surface area (Å²) >= 11 is 0. The van der Waals surface area contributed by atoms with Gasteiger partial charge in [-0.15, -0.1) is 0 Å². The van der Waals surface area contributed by atoms with Crippen LogP contribution in [0.5, 0.6) is 0 Å². The number of esters is 1. The lowest BCUT2D eigenvalue weighted by molar-refractivity contribution is -0.142. The fourth-order valence-corrected chi connectivity index (χ4v) is 5.57. The molecule has 2 nitrogen and oxygen atoms in total. The van der Waals surface area contributed by atoms with Crippen LogP contribution in [0.2, 0.25) is 0 Å². The highest BCUT2D eigenvalue weighted by Gasteiger charge is 2.35. The quantitative estimate of drug-likeness (QED) is 0.328. The summed E-state index contributed by atoms with van der Waals surface area (Å²) in [6.45, 7) is 2.26. The molecule has 1 aliphatic carbocycles. The van der Waals surface area contributed by atoms with E-state index in [1.807, 2.05) is 12.1 Å². The zero-order valence-electron chi connectivity index (χ0n) is 19.7. The van der Waals surface area contributed by atoms with Crippen LogP contribution >= 0.6 is 0 Å². The maximum Gasteiger partial charge on any atom is 0.416 e. The minimum atomic E-state index is -4.44. The number of rotatable bonds is 7. The second-order valence-corrected chi connectivity index (χ2v) is 9.57. The number of ether oxygens (including phenoxy) is 1. The van der Waals surface area contributed by atoms with Crippen LogP contribution < -0.4 is 0 Å². The molecular formula is C29H31F3O2. The highest BCUT2D eigenvalue weighted by Crippen LogP contribution is 2.44. The van der Waals surface area contributed by atoms with Crippen LogP contribution in [-0.2, 0) is 22.1 Å². The Labute approximate surface area is 199 Å². The molecule has 0 amide bonds. The molecule has 4 rings (SSSR count). The maximum atomic E-state index is 13.8. The Balaban J connectivity index is 1.46. The average molecular weight is 469 g/mol. The predicted octanol–water partition coefficient (Wildman–Crippen LogP) is 8.04. The molecule has 0 aliphatic heterocycles. The predicted molar refractivity (Wildman–Crippen MR) is 129 cm³/mol. The van der Waals surface area contributed by atoms with Gasteiger partial charge in [-0.1, -0.05) is 61.5 Å². The van der Waals surface area contributed by atoms with Crippen LogP contribution in [0.15, 0.2) is 60.7 Å². The van der Waals surface area contributed by atoms with Gasteiger partial charge in [-0.25, -0.2) is 0 Å². The Morgan fingerprint density at radius 3 is 2.59 bits per heavy atom. The summed E-state index contributed by atoms with van der Waals surface area (Å²) in [6.07, 6.45) is -0.588. The first-order chi connectivity index (χ1) is 16.3. The molecular weight excluding hydrogens is 437 g/mol. The first-order valence-electron chi connectivity index (χ1n) is 12.0. The van der Waals surface area contributed by atoms with Crippen molar-refractivity contribution in [2.75, 3.05) is 7.11 Å². The van der Waals surface area contributed by atoms with Gasteiger partial charge in [-0.05, 0) is 83.4 Å². The monoisotopic (exact) mass is 468 g/mol. The topological polar surface area (TPSA) is 26.3 Å². The van der Waals surface area contributed by atoms with Crippen molar-refractivity contribution < 1.29 is 22.7 Å². The fourth-order valence-electron chi connectivity index (χ4n) is 5.57. The average Bonchev–Trinajstić information content (AvgIpc) is 3.29. The van der Waals surface area contributed by atoms with Crippen LogP contribution in [-0.4, -0.2) is 13.1 Å². The van der Waals surface area contributed by atoms with E-state index in [9.17, 15) is 18.0 Å². The molecule has 1 fully saturated rings. The van der Waals surface area contributed by atoms with Gasteiger partial charge >= 0.3 is 12.1 Å². The van der Waals surface area contributed by atoms with Crippen molar-refractivity contribution >= 4 is 16.7 Å². The smallest absolute Gasteiger partial charge is 0.416 e. The van der Waals surface area contributed by atoms with E-state index in [0.717, 1.165) is 31.2 Å². The maximum absolute atomic E-state index is 13.8. The van der Waals surface area contributed by atoms with Gasteiger partial charge < -0.3 is 4.74 Å². The Hall–Kier alpha value is -2.82. The molecule has 34 heavy (non-hydrogen) atoms. The van der Waals surface area contributed by atoms with Crippen molar-refractivity contribution in [1.29, 1.82) is 0 Å². The molecule has 3 aromatic rings. The van der Waals surface area contributed by atoms with Gasteiger partial charge in [0.25, 0.3) is 0 Å². The van der Waals surface area contributed by atoms with Crippen molar-refractivity contribution in [1.82, 2.24) is 0 Å². The number of benzene rings is 3. The van der Waals surface area contributed by atoms with E-state index in [1.54, 1.807) is 6.07 Å². The zero-order valence-corrected chi connectivity index (χ0v) is 19.7. The molecule has 180 valence electrons. The first-order valence-corrected chi connectivity index (χ1v) is 12.0. The van der Waals surface area contributed by atoms with Gasteiger partial charge in [0.1, 0.15) is 0 Å². The van der Waals surface area contributed by atoms with Crippen LogP contribution in [0.1, 0.15) is 73.1 Å². The molecule has 0 bridgehead atoms. The van der Waals surface area contributed by atoms with Crippen LogP contribution in [0.3, 0.4) is 0 Å². The summed E-state index contributed by atoms with van der Waals surface area (Å²) in [6, 6.07) is 19.5. The summed E-state index contributed by atoms with van der Waals surface area (Å²) in [4.78, 5) is 11.4. The third kappa shape index (κ3) is 5.45. The largest absolute Gasteiger partial charge is 0.469 e. The second-order valence-electron chi connectivity index (χ2n) is 9.57. The lowest BCUT2D eigenvalue weighted by atomic mass is 9.85. The molecule has 3 aromatic carbocycles. The zero-order chi connectivity index (χ0) is 24.3. The minimum Gasteiger partial charge on any atom is -0.469 e. The first kappa shape index (κ1) is 24.3. The molecule has 1 saturated carbocycles. The number of hydrogen-bond donors (Lipinski definition) is 0. The standard InChI is InChI=1S/C29H31F3O2/c1-19(25-9-5-7-21-6-3-4-8-26(21)25)16-20-10-11-23(17-20)24-13-12-22(14-15-28(33)34-2)27(18-24)29(30,31)32/h3-9,12-13,18-20,23H,10-11,14-17H2,1-2H3/t19-,20-,23-/m0/s1. The van der Waals surface area contributed by atoms with Crippen molar-refractivity contribution in [3.05, 3.63) is 82.9 Å². The van der Waals surface area contributed by atoms with E-state index in [2.05, 4.69) is 48.1 Å². The summed E-state index contributed by atoms with van der Waals surface area (Å²) in [5, 5.41) is 2.52. The Morgan fingerprint density at radius 2 is 1.82 bits per heavy atom. The van der Waals surface area contributed by atoms with Gasteiger partial charge in [0.05, 0.1) is 12.7 Å². The molecule has 0 unspecified atom stereocenters. The number of aryl methyl sites for hydroxylation is 1. The molecule has 1 aliphatic rings. The molecule has 0 aromatic heterocycles. The molecule has 0 saturated heterocycles. The SMILES string of the molecule is COC(=O)CCc1ccc([C@H]2CC[C@@H](C[C@H](C)c3cccc4ccccc34)C2)cc1C(F)(F)F. The normalized spacial score (nSPS) is 19.3. The van der Waals surface area contributed by atoms with E-state index in [0.29, 0.717) is 11.8 Å². The number of methoxy groups -OCH3 is 1. The molecule has 0 heterocycles. The Kier molecular flexibility index (Phi) is 7.30. The van der Waals surface area contributed by atoms with Crippen LogP contribution in [0, 0.1) is 5.92 Å². The van der Waals surface area contributed by atoms with Crippen LogP contribution in [0.4, 0.5) is 13.2 Å². The third-order valence-corrected chi connectivity index (χ3v) is 7.32. The number of carbonyl (C=O) groups is 1. The third-order valence-electron chi connectivity index (χ3n) is 7.32. The number of alkyl halides is 3. The van der Waals surface area contributed by atoms with Crippen molar-refractivity contribution in [3.8, 4) is 0 Å². The molecule has 3 atom stereocenters. The fraction of sp³-hybridized carbons (Fsp3) is 0.414. The lowest BCUT2D eigenvalue weighted by Gasteiger charge is -2.20. The van der Waals surface area contributed by atoms with Gasteiger partial charge in [0.15, 0.2) is 0 Å². The molecule has 0 spiro atoms. The van der Waals surface area contributed by atoms with Crippen molar-refractivity contribution in [2.24, 2.45) is 5.92 Å². The summed E-state index contributed by atoms with van der Waals surface area (Å²) in [5.74, 6) is 0.519. The summed E-state index contributed by atoms with van der Waals surface area (Å²) < 4.78 is 45.9. The van der Waals surface area contributed by atoms with Gasteiger partial charge in [-0.2, -0.15) is 13.2 Å². The Bertz CT molecular complexity index is 1150. The van der Waals surface area contributed by atoms with Crippen LogP contribution in [0.25, 0.3) is 10.8 Å². The highest BCUT2D eigenvalue weighted by molar-refractivity contribution is 5.86. The summed E-state index contributed by atoms with van der Waals surface area (Å²) in [5.41, 5.74) is 1.63. The Morgan fingerprint density at radius 1 is 1.06 bits per heavy atom. The highest BCUT2D eigenvalue weighted by atomic mass is 19.4. The molecule has 5 heteroatoms. The van der Waals surface area contributed by atoms with Gasteiger partial charge in [0.2, 0.25) is 0 Å². The number of halogens is 3. The van der Waals surface area contributed by atoms with E-state index >= 15 is 0 Å². The second kappa shape index (κ2) is 10.2. The van der Waals surface area contributed by atoms with Crippen molar-refractivity contribution in [3.63, 3.8) is 0 Å². The van der Waals surface area contributed by atoms with Gasteiger partial charge in [0, 0.05) is 6.42 Å². The lowest BCUT2D eigenvalue weighted by Crippen LogP contribution is -2.12. The van der Waals surface area contributed by atoms with E-state index in [4.69, 9.17) is 0 Å². The minimum absolute atomic E-state index is 0.0254. The molecule has 0 N–H and O–H groups in total. The van der Waals surface area contributed by atoms with E-state index < -0.39 is 17.7 Å². The van der Waals surface area contributed by atoms with E-state index in [1.165, 1.54) is 29.5 Å².